The van der Waals surface area contributed by atoms with Crippen LogP contribution in [0.5, 0.6) is 0 Å². The van der Waals surface area contributed by atoms with Crippen molar-refractivity contribution in [3.05, 3.63) is 0 Å². The number of hydrogen-bond acceptors (Lipinski definition) is 4. The molecule has 0 aromatic rings. The molecule has 0 aromatic carbocycles. The Morgan fingerprint density at radius 1 is 1.32 bits per heavy atom. The lowest BCUT2D eigenvalue weighted by atomic mass is 9.83. The van der Waals surface area contributed by atoms with E-state index in [1.165, 1.54) is 0 Å². The molecule has 114 valence electrons. The van der Waals surface area contributed by atoms with Crippen LogP contribution >= 0.6 is 0 Å². The smallest absolute Gasteiger partial charge is 0.154 e. The van der Waals surface area contributed by atoms with Crippen molar-refractivity contribution >= 4 is 9.84 Å². The molecule has 0 amide bonds. The Hall–Kier alpha value is -0.130. The van der Waals surface area contributed by atoms with E-state index in [0.717, 1.165) is 32.1 Å². The molecule has 0 saturated heterocycles. The highest BCUT2D eigenvalue weighted by molar-refractivity contribution is 7.92. The van der Waals surface area contributed by atoms with E-state index in [1.54, 1.807) is 7.11 Å². The first-order chi connectivity index (χ1) is 9.05. The number of nitrogens with one attached hydrogen (secondary N) is 1. The van der Waals surface area contributed by atoms with E-state index in [9.17, 15) is 8.42 Å². The van der Waals surface area contributed by atoms with Crippen LogP contribution in [0, 0.1) is 5.92 Å². The van der Waals surface area contributed by atoms with Crippen LogP contribution in [0.2, 0.25) is 0 Å². The van der Waals surface area contributed by atoms with Gasteiger partial charge in [0.05, 0.1) is 11.0 Å². The minimum absolute atomic E-state index is 0.126. The summed E-state index contributed by atoms with van der Waals surface area (Å²) >= 11 is 0. The third-order valence-electron chi connectivity index (χ3n) is 4.21. The van der Waals surface area contributed by atoms with Crippen LogP contribution in [-0.2, 0) is 14.6 Å². The molecule has 1 fully saturated rings. The molecule has 5 heteroatoms. The monoisotopic (exact) mass is 291 g/mol. The van der Waals surface area contributed by atoms with Crippen LogP contribution in [0.1, 0.15) is 45.4 Å². The highest BCUT2D eigenvalue weighted by atomic mass is 32.2. The fourth-order valence-electron chi connectivity index (χ4n) is 3.17. The first kappa shape index (κ1) is 16.9. The predicted octanol–water partition coefficient (Wildman–Crippen LogP) is 1.99. The largest absolute Gasteiger partial charge is 0.385 e. The van der Waals surface area contributed by atoms with Crippen LogP contribution in [0.4, 0.5) is 0 Å². The first-order valence-corrected chi connectivity index (χ1v) is 9.14. The summed E-state index contributed by atoms with van der Waals surface area (Å²) in [5.74, 6) is 0.833. The van der Waals surface area contributed by atoms with Crippen LogP contribution in [0.15, 0.2) is 0 Å². The SMILES string of the molecule is CCCC1CCC(NC)C(S(=O)(=O)CCCOC)C1. The fraction of sp³-hybridized carbons (Fsp3) is 1.00. The summed E-state index contributed by atoms with van der Waals surface area (Å²) < 4.78 is 29.9. The van der Waals surface area contributed by atoms with Crippen molar-refractivity contribution in [2.45, 2.75) is 56.7 Å². The van der Waals surface area contributed by atoms with Crippen LogP contribution in [0.25, 0.3) is 0 Å². The molecular weight excluding hydrogens is 262 g/mol. The molecule has 0 radical (unpaired) electrons. The highest BCUT2D eigenvalue weighted by Crippen LogP contribution is 2.32. The van der Waals surface area contributed by atoms with Crippen LogP contribution in [-0.4, -0.2) is 46.2 Å². The summed E-state index contributed by atoms with van der Waals surface area (Å²) in [4.78, 5) is 0. The normalized spacial score (nSPS) is 28.5. The molecule has 0 bridgehead atoms. The molecule has 1 saturated carbocycles. The van der Waals surface area contributed by atoms with E-state index in [-0.39, 0.29) is 17.0 Å². The Kier molecular flexibility index (Phi) is 7.32. The number of methoxy groups -OCH3 is 1. The summed E-state index contributed by atoms with van der Waals surface area (Å²) in [5.41, 5.74) is 0. The summed E-state index contributed by atoms with van der Waals surface area (Å²) in [5, 5.41) is 2.99. The van der Waals surface area contributed by atoms with E-state index >= 15 is 0 Å². The molecule has 0 spiro atoms. The Bertz CT molecular complexity index is 343. The van der Waals surface area contributed by atoms with Crippen LogP contribution < -0.4 is 5.32 Å². The molecular formula is C14H29NO3S. The number of hydrogen-bond donors (Lipinski definition) is 1. The van der Waals surface area contributed by atoms with Crippen molar-refractivity contribution in [2.24, 2.45) is 5.92 Å². The van der Waals surface area contributed by atoms with Gasteiger partial charge in [-0.2, -0.15) is 0 Å². The van der Waals surface area contributed by atoms with Gasteiger partial charge in [-0.25, -0.2) is 8.42 Å². The third-order valence-corrected chi connectivity index (χ3v) is 6.51. The molecule has 1 N–H and O–H groups in total. The molecule has 1 rings (SSSR count). The molecule has 0 aliphatic heterocycles. The van der Waals surface area contributed by atoms with Crippen molar-refractivity contribution in [3.8, 4) is 0 Å². The standard InChI is InChI=1S/C14H29NO3S/c1-4-6-12-7-8-13(15-2)14(11-12)19(16,17)10-5-9-18-3/h12-15H,4-11H2,1-3H3. The van der Waals surface area contributed by atoms with Gasteiger partial charge in [0.15, 0.2) is 9.84 Å². The van der Waals surface area contributed by atoms with Crippen molar-refractivity contribution in [1.29, 1.82) is 0 Å². The van der Waals surface area contributed by atoms with E-state index < -0.39 is 9.84 Å². The molecule has 1 aliphatic rings. The Morgan fingerprint density at radius 3 is 2.63 bits per heavy atom. The van der Waals surface area contributed by atoms with Gasteiger partial charge in [0.2, 0.25) is 0 Å². The lowest BCUT2D eigenvalue weighted by Crippen LogP contribution is -2.47. The zero-order valence-corrected chi connectivity index (χ0v) is 13.3. The molecule has 4 nitrogen and oxygen atoms in total. The molecule has 3 unspecified atom stereocenters. The molecule has 19 heavy (non-hydrogen) atoms. The maximum atomic E-state index is 12.5. The maximum absolute atomic E-state index is 12.5. The first-order valence-electron chi connectivity index (χ1n) is 7.42. The predicted molar refractivity (Wildman–Crippen MR) is 79.2 cm³/mol. The van der Waals surface area contributed by atoms with Gasteiger partial charge in [0.1, 0.15) is 0 Å². The van der Waals surface area contributed by atoms with Gasteiger partial charge in [-0.05, 0) is 38.6 Å². The average Bonchev–Trinajstić information content (AvgIpc) is 2.39. The van der Waals surface area contributed by atoms with Crippen molar-refractivity contribution in [1.82, 2.24) is 5.32 Å². The molecule has 0 aromatic heterocycles. The third kappa shape index (κ3) is 5.04. The fourth-order valence-corrected chi connectivity index (χ4v) is 5.33. The number of rotatable bonds is 8. The van der Waals surface area contributed by atoms with Crippen molar-refractivity contribution < 1.29 is 13.2 Å². The minimum Gasteiger partial charge on any atom is -0.385 e. The molecule has 3 atom stereocenters. The van der Waals surface area contributed by atoms with Crippen molar-refractivity contribution in [3.63, 3.8) is 0 Å². The lowest BCUT2D eigenvalue weighted by Gasteiger charge is -2.35. The topological polar surface area (TPSA) is 55.4 Å². The van der Waals surface area contributed by atoms with Crippen LogP contribution in [0.3, 0.4) is 0 Å². The maximum Gasteiger partial charge on any atom is 0.154 e. The lowest BCUT2D eigenvalue weighted by molar-refractivity contribution is 0.199. The second-order valence-corrected chi connectivity index (χ2v) is 7.95. The zero-order valence-electron chi connectivity index (χ0n) is 12.5. The zero-order chi connectivity index (χ0) is 14.3. The molecule has 0 heterocycles. The summed E-state index contributed by atoms with van der Waals surface area (Å²) in [6.45, 7) is 2.70. The Morgan fingerprint density at radius 2 is 2.05 bits per heavy atom. The summed E-state index contributed by atoms with van der Waals surface area (Å²) in [7, 11) is 0.479. The van der Waals surface area contributed by atoms with E-state index in [2.05, 4.69) is 12.2 Å². The average molecular weight is 291 g/mol. The van der Waals surface area contributed by atoms with E-state index in [0.29, 0.717) is 18.9 Å². The molecule has 1 aliphatic carbocycles. The second-order valence-electron chi connectivity index (χ2n) is 5.61. The van der Waals surface area contributed by atoms with Crippen molar-refractivity contribution in [2.75, 3.05) is 26.5 Å². The second kappa shape index (κ2) is 8.22. The van der Waals surface area contributed by atoms with Gasteiger partial charge in [-0.1, -0.05) is 19.8 Å². The summed E-state index contributed by atoms with van der Waals surface area (Å²) in [6.07, 6.45) is 5.86. The van der Waals surface area contributed by atoms with E-state index in [4.69, 9.17) is 4.74 Å². The van der Waals surface area contributed by atoms with Gasteiger partial charge in [-0.15, -0.1) is 0 Å². The Balaban J connectivity index is 2.67. The van der Waals surface area contributed by atoms with Gasteiger partial charge in [-0.3, -0.25) is 0 Å². The van der Waals surface area contributed by atoms with Gasteiger partial charge in [0, 0.05) is 19.8 Å². The van der Waals surface area contributed by atoms with E-state index in [1.807, 2.05) is 7.05 Å². The number of sulfone groups is 1. The highest BCUT2D eigenvalue weighted by Gasteiger charge is 2.37. The van der Waals surface area contributed by atoms with Gasteiger partial charge < -0.3 is 10.1 Å². The minimum atomic E-state index is -3.01. The van der Waals surface area contributed by atoms with Gasteiger partial charge in [0.25, 0.3) is 0 Å². The van der Waals surface area contributed by atoms with Gasteiger partial charge >= 0.3 is 0 Å². The number of ether oxygens (including phenoxy) is 1. The Labute approximate surface area is 118 Å². The summed E-state index contributed by atoms with van der Waals surface area (Å²) in [6, 6.07) is 0.126. The quantitative estimate of drug-likeness (QED) is 0.695.